The van der Waals surface area contributed by atoms with Crippen LogP contribution in [-0.4, -0.2) is 47.9 Å². The van der Waals surface area contributed by atoms with Crippen LogP contribution in [-0.2, 0) is 19.3 Å². The molecule has 0 heterocycles. The van der Waals surface area contributed by atoms with Crippen LogP contribution in [0.2, 0.25) is 0 Å². The van der Waals surface area contributed by atoms with Gasteiger partial charge < -0.3 is 0 Å². The van der Waals surface area contributed by atoms with Gasteiger partial charge in [0.25, 0.3) is 0 Å². The van der Waals surface area contributed by atoms with E-state index in [4.69, 9.17) is 5.41 Å². The summed E-state index contributed by atoms with van der Waals surface area (Å²) in [5.41, 5.74) is -6.32. The van der Waals surface area contributed by atoms with Crippen LogP contribution in [0.25, 0.3) is 0 Å². The standard InChI is InChI=1S/C4H6B2F3N3O4S/c1-15-6-11-3(5-16-2-10)12-17(13,14)4(7,8)9/h2,5,10H,1H3/b10-2?,12-3-. The second-order valence-corrected chi connectivity index (χ2v) is 3.92. The number of rotatable bonds is 5. The molecule has 7 nitrogen and oxygen atoms in total. The van der Waals surface area contributed by atoms with Gasteiger partial charge >= 0.3 is 95.1 Å². The zero-order valence-electron chi connectivity index (χ0n) is 8.43. The summed E-state index contributed by atoms with van der Waals surface area (Å²) >= 11 is 0. The minimum atomic E-state index is -5.69. The molecular formula is C4H6B2F3N3O4S. The number of alkyl halides is 3. The predicted octanol–water partition coefficient (Wildman–Crippen LogP) is -0.384. The van der Waals surface area contributed by atoms with E-state index in [-0.39, 0.29) is 0 Å². The second kappa shape index (κ2) is 6.37. The van der Waals surface area contributed by atoms with Crippen molar-refractivity contribution < 1.29 is 30.9 Å². The van der Waals surface area contributed by atoms with Crippen LogP contribution < -0.4 is 0 Å². The SMILES string of the molecule is CO/B=N/C(BOC=N)=N\S(=O)(=O)C(F)(F)F. The molecule has 0 aliphatic rings. The quantitative estimate of drug-likeness (QED) is 0.418. The van der Waals surface area contributed by atoms with Crippen molar-refractivity contribution in [2.45, 2.75) is 5.51 Å². The van der Waals surface area contributed by atoms with Crippen LogP contribution in [0.15, 0.2) is 9.29 Å². The fourth-order valence-electron chi connectivity index (χ4n) is 0.507. The zero-order chi connectivity index (χ0) is 13.5. The van der Waals surface area contributed by atoms with Gasteiger partial charge in [-0.15, -0.1) is 0 Å². The van der Waals surface area contributed by atoms with E-state index < -0.39 is 28.7 Å². The fourth-order valence-corrected chi connectivity index (χ4v) is 0.988. The molecule has 0 aliphatic heterocycles. The molecule has 0 aromatic rings. The normalized spacial score (nSPS) is 13.1. The van der Waals surface area contributed by atoms with Crippen molar-refractivity contribution in [3.05, 3.63) is 0 Å². The third-order valence-electron chi connectivity index (χ3n) is 1.12. The Morgan fingerprint density at radius 1 is 1.53 bits per heavy atom. The van der Waals surface area contributed by atoms with Crippen LogP contribution in [0.4, 0.5) is 13.2 Å². The van der Waals surface area contributed by atoms with Crippen molar-refractivity contribution in [3.63, 3.8) is 0 Å². The molecule has 0 aromatic heterocycles. The summed E-state index contributed by atoms with van der Waals surface area (Å²) in [5, 5.41) is 6.47. The van der Waals surface area contributed by atoms with Crippen LogP contribution in [0.1, 0.15) is 0 Å². The Balaban J connectivity index is 5.16. The summed E-state index contributed by atoms with van der Waals surface area (Å²) < 4.78 is 68.2. The van der Waals surface area contributed by atoms with Crippen molar-refractivity contribution in [1.82, 2.24) is 0 Å². The molecule has 0 aliphatic carbocycles. The maximum absolute atomic E-state index is 12.0. The molecule has 0 aromatic carbocycles. The van der Waals surface area contributed by atoms with Crippen LogP contribution in [0.5, 0.6) is 0 Å². The second-order valence-electron chi connectivity index (χ2n) is 2.33. The van der Waals surface area contributed by atoms with E-state index in [1.807, 2.05) is 0 Å². The molecule has 0 spiro atoms. The van der Waals surface area contributed by atoms with E-state index in [9.17, 15) is 21.6 Å². The molecule has 13 heteroatoms. The molecular weight excluding hydrogens is 265 g/mol. The first-order chi connectivity index (χ1) is 7.74. The van der Waals surface area contributed by atoms with Crippen LogP contribution in [0.3, 0.4) is 0 Å². The van der Waals surface area contributed by atoms with E-state index in [1.165, 1.54) is 0 Å². The van der Waals surface area contributed by atoms with Gasteiger partial charge in [-0.05, 0) is 0 Å². The number of hydrogen-bond donors (Lipinski definition) is 1. The Kier molecular flexibility index (Phi) is 5.85. The first-order valence-corrected chi connectivity index (χ1v) is 5.24. The molecule has 17 heavy (non-hydrogen) atoms. The topological polar surface area (TPSA) is 101 Å². The van der Waals surface area contributed by atoms with Gasteiger partial charge in [0, 0.05) is 0 Å². The summed E-state index contributed by atoms with van der Waals surface area (Å²) in [7, 11) is -4.58. The number of nitrogens with one attached hydrogen (secondary N) is 1. The van der Waals surface area contributed by atoms with Crippen molar-refractivity contribution in [3.8, 4) is 0 Å². The number of halogens is 3. The number of nitrogens with zero attached hydrogens (tertiary/aromatic N) is 2. The summed E-state index contributed by atoms with van der Waals surface area (Å²) in [6.45, 7) is 0. The van der Waals surface area contributed by atoms with Gasteiger partial charge in [-0.1, -0.05) is 0 Å². The Bertz CT molecular complexity index is 420. The van der Waals surface area contributed by atoms with E-state index in [1.54, 1.807) is 0 Å². The number of amidine groups is 1. The van der Waals surface area contributed by atoms with Gasteiger partial charge in [0.15, 0.2) is 0 Å². The van der Waals surface area contributed by atoms with Gasteiger partial charge in [-0.25, -0.2) is 0 Å². The fraction of sp³-hybridized carbons (Fsp3) is 0.500. The molecule has 0 bridgehead atoms. The van der Waals surface area contributed by atoms with Gasteiger partial charge in [0.1, 0.15) is 0 Å². The Hall–Kier alpha value is -1.39. The molecule has 0 amide bonds. The van der Waals surface area contributed by atoms with Gasteiger partial charge in [-0.3, -0.25) is 0 Å². The van der Waals surface area contributed by atoms with E-state index >= 15 is 0 Å². The van der Waals surface area contributed by atoms with Gasteiger partial charge in [0.05, 0.1) is 0 Å². The van der Waals surface area contributed by atoms with Crippen LogP contribution >= 0.6 is 0 Å². The Morgan fingerprint density at radius 3 is 2.53 bits per heavy atom. The van der Waals surface area contributed by atoms with Crippen molar-refractivity contribution in [2.75, 3.05) is 7.11 Å². The molecule has 0 rings (SSSR count). The number of sulfonamides is 1. The third-order valence-corrected chi connectivity index (χ3v) is 2.16. The molecule has 94 valence electrons. The van der Waals surface area contributed by atoms with E-state index in [0.29, 0.717) is 13.7 Å². The van der Waals surface area contributed by atoms with Crippen molar-refractivity contribution in [1.29, 1.82) is 5.41 Å². The van der Waals surface area contributed by atoms with Gasteiger partial charge in [0.2, 0.25) is 0 Å². The molecule has 0 fully saturated rings. The molecule has 0 saturated carbocycles. The van der Waals surface area contributed by atoms with E-state index in [2.05, 4.69) is 18.6 Å². The summed E-state index contributed by atoms with van der Waals surface area (Å²) in [5.74, 6) is 0. The average molecular weight is 271 g/mol. The molecule has 1 N–H and O–H groups in total. The molecule has 0 unspecified atom stereocenters. The predicted molar refractivity (Wildman–Crippen MR) is 54.6 cm³/mol. The summed E-state index contributed by atoms with van der Waals surface area (Å²) in [6.07, 6.45) is 0.401. The zero-order valence-corrected chi connectivity index (χ0v) is 9.25. The molecule has 0 radical (unpaired) electrons. The van der Waals surface area contributed by atoms with Crippen molar-refractivity contribution >= 4 is 36.9 Å². The molecule has 0 atom stereocenters. The Morgan fingerprint density at radius 2 is 2.12 bits per heavy atom. The van der Waals surface area contributed by atoms with Crippen molar-refractivity contribution in [2.24, 2.45) is 9.29 Å². The average Bonchev–Trinajstić information content (AvgIpc) is 2.20. The Labute approximate surface area is 95.8 Å². The van der Waals surface area contributed by atoms with Gasteiger partial charge in [-0.2, -0.15) is 0 Å². The molecule has 0 saturated heterocycles. The first kappa shape index (κ1) is 15.6. The maximum atomic E-state index is 12.0. The first-order valence-electron chi connectivity index (χ1n) is 3.80. The summed E-state index contributed by atoms with van der Waals surface area (Å²) in [6, 6.07) is 0. The minimum absolute atomic E-state index is 0.401. The van der Waals surface area contributed by atoms with E-state index in [0.717, 1.165) is 7.11 Å². The monoisotopic (exact) mass is 271 g/mol. The van der Waals surface area contributed by atoms with Crippen LogP contribution in [0, 0.1) is 5.41 Å². The number of hydrogen-bond acceptors (Lipinski definition) is 5. The summed E-state index contributed by atoms with van der Waals surface area (Å²) in [4.78, 5) is 3.17. The third kappa shape index (κ3) is 5.47.